The van der Waals surface area contributed by atoms with Crippen molar-refractivity contribution in [2.24, 2.45) is 7.05 Å². The lowest BCUT2D eigenvalue weighted by Crippen LogP contribution is -2.59. The molecular weight excluding hydrogens is 376 g/mol. The van der Waals surface area contributed by atoms with Crippen molar-refractivity contribution >= 4 is 28.7 Å². The minimum absolute atomic E-state index is 0.109. The topological polar surface area (TPSA) is 70.3 Å². The monoisotopic (exact) mass is 398 g/mol. The van der Waals surface area contributed by atoms with Crippen molar-refractivity contribution in [3.63, 3.8) is 0 Å². The van der Waals surface area contributed by atoms with Gasteiger partial charge in [-0.25, -0.2) is 15.0 Å². The highest BCUT2D eigenvalue weighted by Crippen LogP contribution is 2.39. The van der Waals surface area contributed by atoms with Gasteiger partial charge in [0.1, 0.15) is 17.4 Å². The number of likely N-dealkylation sites (tertiary alicyclic amines) is 1. The van der Waals surface area contributed by atoms with Crippen molar-refractivity contribution in [2.75, 3.05) is 31.6 Å². The summed E-state index contributed by atoms with van der Waals surface area (Å²) in [5.74, 6) is 1.61. The van der Waals surface area contributed by atoms with E-state index in [0.29, 0.717) is 33.2 Å². The Morgan fingerprint density at radius 3 is 2.57 bits per heavy atom. The summed E-state index contributed by atoms with van der Waals surface area (Å²) < 4.78 is 1.87. The molecule has 1 N–H and O–H groups in total. The minimum Gasteiger partial charge on any atom is -0.507 e. The highest BCUT2D eigenvalue weighted by molar-refractivity contribution is 6.31. The van der Waals surface area contributed by atoms with E-state index in [1.54, 1.807) is 0 Å². The molecule has 2 saturated heterocycles. The van der Waals surface area contributed by atoms with Crippen molar-refractivity contribution < 1.29 is 5.11 Å². The van der Waals surface area contributed by atoms with Gasteiger partial charge in [-0.05, 0) is 44.5 Å². The first-order valence-electron chi connectivity index (χ1n) is 9.53. The first-order chi connectivity index (χ1) is 13.4. The van der Waals surface area contributed by atoms with E-state index < -0.39 is 0 Å². The van der Waals surface area contributed by atoms with Crippen molar-refractivity contribution in [1.29, 1.82) is 0 Å². The molecule has 0 unspecified atom stereocenters. The number of hydrogen-bond acceptors (Lipinski definition) is 6. The second kappa shape index (κ2) is 6.06. The Balaban J connectivity index is 1.54. The summed E-state index contributed by atoms with van der Waals surface area (Å²) in [7, 11) is 4.09. The number of aromatic nitrogens is 4. The van der Waals surface area contributed by atoms with Gasteiger partial charge in [0.25, 0.3) is 0 Å². The minimum atomic E-state index is 0.109. The average molecular weight is 399 g/mol. The molecule has 2 fully saturated rings. The molecule has 2 aliphatic rings. The third kappa shape index (κ3) is 2.49. The average Bonchev–Trinajstić information content (AvgIpc) is 3.24. The number of rotatable bonds is 2. The van der Waals surface area contributed by atoms with Crippen LogP contribution in [0.15, 0.2) is 18.3 Å². The van der Waals surface area contributed by atoms with E-state index >= 15 is 0 Å². The van der Waals surface area contributed by atoms with E-state index in [4.69, 9.17) is 21.6 Å². The number of likely N-dealkylation sites (N-methyl/N-ethyl adjacent to an activating group) is 1. The number of nitrogens with zero attached hydrogens (tertiary/aromatic N) is 6. The molecule has 28 heavy (non-hydrogen) atoms. The van der Waals surface area contributed by atoms with Crippen LogP contribution in [-0.4, -0.2) is 61.7 Å². The Morgan fingerprint density at radius 2 is 1.93 bits per heavy atom. The fraction of sp³-hybridized carbons (Fsp3) is 0.450. The van der Waals surface area contributed by atoms with Gasteiger partial charge < -0.3 is 14.6 Å². The smallest absolute Gasteiger partial charge is 0.200 e. The van der Waals surface area contributed by atoms with Gasteiger partial charge in [0.15, 0.2) is 11.3 Å². The van der Waals surface area contributed by atoms with Crippen LogP contribution >= 0.6 is 11.6 Å². The molecule has 1 spiro atoms. The van der Waals surface area contributed by atoms with Crippen molar-refractivity contribution in [1.82, 2.24) is 24.4 Å². The summed E-state index contributed by atoms with van der Waals surface area (Å²) >= 11 is 6.05. The zero-order valence-corrected chi connectivity index (χ0v) is 17.0. The SMILES string of the molecule is Cc1cc(Cl)cc(O)c1-c1nc2nc(N3CC[C@]4(CCN4C)C3)cnc2n1C. The maximum atomic E-state index is 10.4. The summed E-state index contributed by atoms with van der Waals surface area (Å²) in [6, 6.07) is 3.36. The molecule has 0 amide bonds. The number of imidazole rings is 1. The number of aryl methyl sites for hydroxylation is 2. The van der Waals surface area contributed by atoms with Crippen LogP contribution in [0, 0.1) is 6.92 Å². The van der Waals surface area contributed by atoms with Crippen LogP contribution in [-0.2, 0) is 7.05 Å². The number of phenolic OH excluding ortho intramolecular Hbond substituents is 1. The zero-order valence-electron chi connectivity index (χ0n) is 16.3. The Morgan fingerprint density at radius 1 is 1.14 bits per heavy atom. The summed E-state index contributed by atoms with van der Waals surface area (Å²) in [6.07, 6.45) is 4.24. The molecule has 0 bridgehead atoms. The molecule has 4 heterocycles. The van der Waals surface area contributed by atoms with E-state index in [-0.39, 0.29) is 5.75 Å². The molecule has 0 radical (unpaired) electrons. The third-order valence-corrected chi connectivity index (χ3v) is 6.67. The number of hydrogen-bond donors (Lipinski definition) is 1. The first kappa shape index (κ1) is 17.7. The Bertz CT molecular complexity index is 1070. The van der Waals surface area contributed by atoms with Crippen LogP contribution in [0.2, 0.25) is 5.02 Å². The highest BCUT2D eigenvalue weighted by atomic mass is 35.5. The predicted molar refractivity (Wildman–Crippen MR) is 110 cm³/mol. The first-order valence-corrected chi connectivity index (χ1v) is 9.91. The highest BCUT2D eigenvalue weighted by Gasteiger charge is 2.47. The molecule has 2 aromatic heterocycles. The van der Waals surface area contributed by atoms with Gasteiger partial charge in [0, 0.05) is 37.2 Å². The number of halogens is 1. The molecule has 7 nitrogen and oxygen atoms in total. The van der Waals surface area contributed by atoms with Gasteiger partial charge in [-0.3, -0.25) is 4.90 Å². The lowest BCUT2D eigenvalue weighted by Gasteiger charge is -2.48. The lowest BCUT2D eigenvalue weighted by molar-refractivity contribution is 0.0307. The fourth-order valence-corrected chi connectivity index (χ4v) is 4.83. The molecule has 5 rings (SSSR count). The number of fused-ring (bicyclic) bond motifs is 1. The molecule has 3 aromatic rings. The summed E-state index contributed by atoms with van der Waals surface area (Å²) in [6.45, 7) is 5.05. The number of phenols is 1. The van der Waals surface area contributed by atoms with Crippen LogP contribution < -0.4 is 4.90 Å². The second-order valence-corrected chi connectivity index (χ2v) is 8.49. The molecular formula is C20H23ClN6O. The van der Waals surface area contributed by atoms with E-state index in [0.717, 1.165) is 30.9 Å². The van der Waals surface area contributed by atoms with E-state index in [2.05, 4.69) is 21.8 Å². The van der Waals surface area contributed by atoms with Crippen LogP contribution in [0.3, 0.4) is 0 Å². The van der Waals surface area contributed by atoms with Gasteiger partial charge in [-0.2, -0.15) is 0 Å². The van der Waals surface area contributed by atoms with Gasteiger partial charge in [0.2, 0.25) is 0 Å². The van der Waals surface area contributed by atoms with Crippen LogP contribution in [0.25, 0.3) is 22.7 Å². The Kier molecular flexibility index (Phi) is 3.83. The van der Waals surface area contributed by atoms with E-state index in [1.807, 2.05) is 30.8 Å². The number of benzene rings is 1. The van der Waals surface area contributed by atoms with Gasteiger partial charge in [-0.1, -0.05) is 11.6 Å². The molecule has 8 heteroatoms. The Hall–Kier alpha value is -2.38. The van der Waals surface area contributed by atoms with Crippen molar-refractivity contribution in [3.05, 3.63) is 28.9 Å². The van der Waals surface area contributed by atoms with Gasteiger partial charge >= 0.3 is 0 Å². The second-order valence-electron chi connectivity index (χ2n) is 8.05. The van der Waals surface area contributed by atoms with E-state index in [1.165, 1.54) is 19.0 Å². The lowest BCUT2D eigenvalue weighted by atomic mass is 9.85. The predicted octanol–water partition coefficient (Wildman–Crippen LogP) is 2.98. The van der Waals surface area contributed by atoms with Crippen molar-refractivity contribution in [2.45, 2.75) is 25.3 Å². The van der Waals surface area contributed by atoms with Crippen molar-refractivity contribution in [3.8, 4) is 17.1 Å². The quantitative estimate of drug-likeness (QED) is 0.715. The maximum Gasteiger partial charge on any atom is 0.200 e. The maximum absolute atomic E-state index is 10.4. The Labute approximate surface area is 168 Å². The molecule has 0 saturated carbocycles. The molecule has 0 aliphatic carbocycles. The summed E-state index contributed by atoms with van der Waals surface area (Å²) in [5.41, 5.74) is 3.11. The van der Waals surface area contributed by atoms with E-state index in [9.17, 15) is 5.11 Å². The molecule has 2 aliphatic heterocycles. The van der Waals surface area contributed by atoms with Gasteiger partial charge in [0.05, 0.1) is 11.8 Å². The summed E-state index contributed by atoms with van der Waals surface area (Å²) in [4.78, 5) is 18.9. The zero-order chi connectivity index (χ0) is 19.6. The molecule has 1 aromatic carbocycles. The number of aromatic hydroxyl groups is 1. The van der Waals surface area contributed by atoms with Crippen LogP contribution in [0.5, 0.6) is 5.75 Å². The molecule has 1 atom stereocenters. The third-order valence-electron chi connectivity index (χ3n) is 6.45. The number of anilines is 1. The fourth-order valence-electron chi connectivity index (χ4n) is 4.56. The normalized spacial score (nSPS) is 22.4. The summed E-state index contributed by atoms with van der Waals surface area (Å²) in [5, 5.41) is 10.9. The van der Waals surface area contributed by atoms with Gasteiger partial charge in [-0.15, -0.1) is 0 Å². The molecule has 146 valence electrons. The largest absolute Gasteiger partial charge is 0.507 e. The van der Waals surface area contributed by atoms with Crippen LogP contribution in [0.4, 0.5) is 5.82 Å². The van der Waals surface area contributed by atoms with Crippen LogP contribution in [0.1, 0.15) is 18.4 Å². The standard InChI is InChI=1S/C20H23ClN6O/c1-12-8-13(21)9-14(28)16(12)18-24-17-19(26(18)3)22-10-15(23-17)27-7-5-20(11-27)4-6-25(20)2/h8-10,28H,4-7,11H2,1-3H3/t20-/m1/s1.